The smallest absolute Gasteiger partial charge is 0.249 e. The Morgan fingerprint density at radius 3 is 2.71 bits per heavy atom. The molecule has 2 amide bonds. The average Bonchev–Trinajstić information content (AvgIpc) is 3.40. The third kappa shape index (κ3) is 2.24. The molecule has 1 aromatic rings. The second-order valence-corrected chi connectivity index (χ2v) is 6.86. The molecule has 3 aliphatic rings. The van der Waals surface area contributed by atoms with Crippen LogP contribution in [-0.4, -0.2) is 60.8 Å². The van der Waals surface area contributed by atoms with Gasteiger partial charge in [-0.2, -0.15) is 0 Å². The number of rotatable bonds is 4. The largest absolute Gasteiger partial charge is 0.394 e. The van der Waals surface area contributed by atoms with E-state index in [2.05, 4.69) is 0 Å². The zero-order chi connectivity index (χ0) is 16.8. The van der Waals surface area contributed by atoms with E-state index in [0.29, 0.717) is 6.54 Å². The van der Waals surface area contributed by atoms with Crippen molar-refractivity contribution in [2.75, 3.05) is 31.8 Å². The quantitative estimate of drug-likeness (QED) is 0.884. The van der Waals surface area contributed by atoms with Gasteiger partial charge in [-0.05, 0) is 24.5 Å². The van der Waals surface area contributed by atoms with Crippen molar-refractivity contribution in [3.05, 3.63) is 29.8 Å². The molecule has 128 valence electrons. The Morgan fingerprint density at radius 2 is 2.04 bits per heavy atom. The summed E-state index contributed by atoms with van der Waals surface area (Å²) in [5.74, 6) is 0.241. The van der Waals surface area contributed by atoms with Crippen molar-refractivity contribution in [1.29, 1.82) is 0 Å². The van der Waals surface area contributed by atoms with Gasteiger partial charge in [0.15, 0.2) is 0 Å². The van der Waals surface area contributed by atoms with Crippen LogP contribution in [0.25, 0.3) is 0 Å². The maximum Gasteiger partial charge on any atom is 0.249 e. The maximum atomic E-state index is 12.7. The van der Waals surface area contributed by atoms with Crippen molar-refractivity contribution >= 4 is 17.5 Å². The lowest BCUT2D eigenvalue weighted by Gasteiger charge is -2.58. The van der Waals surface area contributed by atoms with E-state index < -0.39 is 0 Å². The molecule has 0 spiro atoms. The van der Waals surface area contributed by atoms with Crippen LogP contribution in [0.3, 0.4) is 0 Å². The third-order valence-electron chi connectivity index (χ3n) is 5.44. The van der Waals surface area contributed by atoms with Crippen LogP contribution in [0.1, 0.15) is 24.3 Å². The summed E-state index contributed by atoms with van der Waals surface area (Å²) >= 11 is 0. The molecule has 3 atom stereocenters. The third-order valence-corrected chi connectivity index (χ3v) is 5.44. The Bertz CT molecular complexity index is 673. The summed E-state index contributed by atoms with van der Waals surface area (Å²) in [4.78, 5) is 28.6. The Labute approximate surface area is 141 Å². The number of carbonyl (C=O) groups is 2. The predicted molar refractivity (Wildman–Crippen MR) is 87.6 cm³/mol. The van der Waals surface area contributed by atoms with E-state index in [1.807, 2.05) is 29.2 Å². The van der Waals surface area contributed by atoms with Gasteiger partial charge in [-0.15, -0.1) is 0 Å². The lowest BCUT2D eigenvalue weighted by molar-refractivity contribution is -0.155. The van der Waals surface area contributed by atoms with Crippen LogP contribution in [0.15, 0.2) is 24.3 Å². The number of aliphatic hydroxyl groups is 1. The molecular formula is C18H22N2O4. The molecule has 1 aromatic carbocycles. The summed E-state index contributed by atoms with van der Waals surface area (Å²) in [5.41, 5.74) is 2.00. The number of ether oxygens (including phenoxy) is 1. The molecule has 0 aromatic heterocycles. The number of nitrogens with zero attached hydrogens (tertiary/aromatic N) is 2. The number of fused-ring (bicyclic) bond motifs is 3. The second kappa shape index (κ2) is 5.86. The molecule has 1 N–H and O–H groups in total. The Hall–Kier alpha value is -1.92. The Kier molecular flexibility index (Phi) is 3.81. The molecule has 0 radical (unpaired) electrons. The topological polar surface area (TPSA) is 70.1 Å². The number of anilines is 1. The number of aliphatic hydroxyl groups excluding tert-OH is 1. The van der Waals surface area contributed by atoms with Gasteiger partial charge in [0.1, 0.15) is 6.61 Å². The minimum atomic E-state index is -0.239. The molecule has 2 aliphatic heterocycles. The first-order valence-corrected chi connectivity index (χ1v) is 8.48. The maximum absolute atomic E-state index is 12.7. The number of para-hydroxylation sites is 1. The monoisotopic (exact) mass is 330 g/mol. The molecule has 4 rings (SSSR count). The van der Waals surface area contributed by atoms with E-state index in [4.69, 9.17) is 4.74 Å². The van der Waals surface area contributed by atoms with E-state index in [-0.39, 0.29) is 48.9 Å². The average molecular weight is 330 g/mol. The van der Waals surface area contributed by atoms with Gasteiger partial charge in [-0.3, -0.25) is 9.59 Å². The summed E-state index contributed by atoms with van der Waals surface area (Å²) in [6.45, 7) is 0.419. The van der Waals surface area contributed by atoms with Gasteiger partial charge in [-0.1, -0.05) is 18.2 Å². The van der Waals surface area contributed by atoms with E-state index in [1.165, 1.54) is 7.11 Å². The molecule has 6 heteroatoms. The number of hydrogen-bond acceptors (Lipinski definition) is 4. The number of amides is 2. The molecule has 2 fully saturated rings. The highest BCUT2D eigenvalue weighted by atomic mass is 16.5. The van der Waals surface area contributed by atoms with Crippen molar-refractivity contribution in [1.82, 2.24) is 4.90 Å². The van der Waals surface area contributed by atoms with Crippen LogP contribution >= 0.6 is 0 Å². The van der Waals surface area contributed by atoms with Gasteiger partial charge in [0.05, 0.1) is 18.7 Å². The number of likely N-dealkylation sites (tertiary alicyclic amines) is 1. The fourth-order valence-corrected chi connectivity index (χ4v) is 4.19. The highest BCUT2D eigenvalue weighted by molar-refractivity contribution is 5.98. The van der Waals surface area contributed by atoms with Crippen LogP contribution < -0.4 is 4.90 Å². The molecule has 6 nitrogen and oxygen atoms in total. The summed E-state index contributed by atoms with van der Waals surface area (Å²) in [6.07, 6.45) is 1.91. The Balaban J connectivity index is 1.69. The van der Waals surface area contributed by atoms with E-state index >= 15 is 0 Å². The van der Waals surface area contributed by atoms with Crippen LogP contribution in [0.5, 0.6) is 0 Å². The summed E-state index contributed by atoms with van der Waals surface area (Å²) < 4.78 is 4.97. The van der Waals surface area contributed by atoms with Crippen molar-refractivity contribution in [2.24, 2.45) is 5.92 Å². The first-order valence-electron chi connectivity index (χ1n) is 8.48. The molecule has 2 heterocycles. The summed E-state index contributed by atoms with van der Waals surface area (Å²) in [5, 5.41) is 9.80. The van der Waals surface area contributed by atoms with Gasteiger partial charge in [-0.25, -0.2) is 0 Å². The highest BCUT2D eigenvalue weighted by Gasteiger charge is 2.55. The zero-order valence-electron chi connectivity index (χ0n) is 13.7. The fourth-order valence-electron chi connectivity index (χ4n) is 4.19. The molecular weight excluding hydrogens is 308 g/mol. The van der Waals surface area contributed by atoms with Gasteiger partial charge in [0, 0.05) is 31.2 Å². The van der Waals surface area contributed by atoms with E-state index in [0.717, 1.165) is 24.1 Å². The Morgan fingerprint density at radius 1 is 1.29 bits per heavy atom. The van der Waals surface area contributed by atoms with Crippen molar-refractivity contribution in [3.8, 4) is 0 Å². The van der Waals surface area contributed by atoms with Crippen LogP contribution in [-0.2, 0) is 14.3 Å². The standard InChI is InChI=1S/C18H22N2O4/c1-24-10-16(22)20-14-8-19(18(23)11-6-7-11)13-5-3-2-4-12(13)17(14)15(20)9-21/h2-5,11,14-15,17,21H,6-10H2,1H3/t14-,15-,17+/m1/s1. The fraction of sp³-hybridized carbons (Fsp3) is 0.556. The lowest BCUT2D eigenvalue weighted by Crippen LogP contribution is -2.71. The van der Waals surface area contributed by atoms with E-state index in [9.17, 15) is 14.7 Å². The van der Waals surface area contributed by atoms with Gasteiger partial charge in [0.2, 0.25) is 11.8 Å². The SMILES string of the molecule is COCC(=O)N1[C@H](CO)[C@H]2c3ccccc3N(C(=O)C3CC3)C[C@H]21. The first kappa shape index (κ1) is 15.6. The summed E-state index contributed by atoms with van der Waals surface area (Å²) in [7, 11) is 1.49. The first-order chi connectivity index (χ1) is 11.7. The molecule has 1 aliphatic carbocycles. The number of hydrogen-bond donors (Lipinski definition) is 1. The van der Waals surface area contributed by atoms with Gasteiger partial charge < -0.3 is 19.6 Å². The van der Waals surface area contributed by atoms with Crippen molar-refractivity contribution in [2.45, 2.75) is 30.8 Å². The normalized spacial score (nSPS) is 28.0. The van der Waals surface area contributed by atoms with Crippen LogP contribution in [0.4, 0.5) is 5.69 Å². The van der Waals surface area contributed by atoms with Crippen LogP contribution in [0, 0.1) is 5.92 Å². The number of benzene rings is 1. The number of methoxy groups -OCH3 is 1. The van der Waals surface area contributed by atoms with Crippen molar-refractivity contribution in [3.63, 3.8) is 0 Å². The van der Waals surface area contributed by atoms with Crippen molar-refractivity contribution < 1.29 is 19.4 Å². The minimum absolute atomic E-state index is 0.00205. The minimum Gasteiger partial charge on any atom is -0.394 e. The van der Waals surface area contributed by atoms with Crippen LogP contribution in [0.2, 0.25) is 0 Å². The molecule has 1 saturated heterocycles. The number of carbonyl (C=O) groups excluding carboxylic acids is 2. The van der Waals surface area contributed by atoms with Gasteiger partial charge >= 0.3 is 0 Å². The predicted octanol–water partition coefficient (Wildman–Crippen LogP) is 0.745. The molecule has 1 saturated carbocycles. The van der Waals surface area contributed by atoms with Gasteiger partial charge in [0.25, 0.3) is 0 Å². The second-order valence-electron chi connectivity index (χ2n) is 6.86. The van der Waals surface area contributed by atoms with E-state index in [1.54, 1.807) is 4.90 Å². The lowest BCUT2D eigenvalue weighted by atomic mass is 9.72. The highest BCUT2D eigenvalue weighted by Crippen LogP contribution is 2.49. The molecule has 0 unspecified atom stereocenters. The zero-order valence-corrected chi connectivity index (χ0v) is 13.7. The summed E-state index contributed by atoms with van der Waals surface area (Å²) in [6, 6.07) is 7.56. The molecule has 24 heavy (non-hydrogen) atoms. The molecule has 0 bridgehead atoms.